The van der Waals surface area contributed by atoms with Crippen molar-refractivity contribution in [3.8, 4) is 0 Å². The van der Waals surface area contributed by atoms with Crippen LogP contribution in [0.2, 0.25) is 0 Å². The summed E-state index contributed by atoms with van der Waals surface area (Å²) in [5, 5.41) is 2.72. The lowest BCUT2D eigenvalue weighted by Gasteiger charge is -2.06. The lowest BCUT2D eigenvalue weighted by atomic mass is 10.1. The van der Waals surface area contributed by atoms with Crippen LogP contribution in [0.15, 0.2) is 59.1 Å². The molecule has 0 spiro atoms. The molecule has 3 nitrogen and oxygen atoms in total. The van der Waals surface area contributed by atoms with E-state index in [9.17, 15) is 9.59 Å². The fourth-order valence-electron chi connectivity index (χ4n) is 1.85. The highest BCUT2D eigenvalue weighted by atomic mass is 79.9. The average Bonchev–Trinajstić information content (AvgIpc) is 2.47. The van der Waals surface area contributed by atoms with Crippen molar-refractivity contribution in [1.29, 1.82) is 0 Å². The number of carbonyl (C=O) groups excluding carboxylic acids is 2. The highest BCUT2D eigenvalue weighted by Gasteiger charge is 2.07. The molecular weight excluding hydrogens is 330 g/mol. The Balaban J connectivity index is 2.13. The van der Waals surface area contributed by atoms with Gasteiger partial charge in [0.1, 0.15) is 0 Å². The van der Waals surface area contributed by atoms with Crippen LogP contribution in [0, 0.1) is 0 Å². The van der Waals surface area contributed by atoms with Gasteiger partial charge in [-0.15, -0.1) is 0 Å². The van der Waals surface area contributed by atoms with Crippen molar-refractivity contribution in [2.45, 2.75) is 6.92 Å². The van der Waals surface area contributed by atoms with Crippen LogP contribution in [0.3, 0.4) is 0 Å². The highest BCUT2D eigenvalue weighted by Crippen LogP contribution is 2.18. The summed E-state index contributed by atoms with van der Waals surface area (Å²) >= 11 is 3.42. The van der Waals surface area contributed by atoms with Crippen LogP contribution in [0.4, 0.5) is 5.69 Å². The first kappa shape index (κ1) is 15.2. The third kappa shape index (κ3) is 4.13. The molecule has 2 aromatic rings. The van der Waals surface area contributed by atoms with E-state index in [1.54, 1.807) is 30.3 Å². The number of carbonyl (C=O) groups is 2. The second-order valence-corrected chi connectivity index (χ2v) is 5.30. The Hall–Kier alpha value is -2.20. The van der Waals surface area contributed by atoms with Crippen LogP contribution < -0.4 is 5.32 Å². The molecule has 2 aromatic carbocycles. The fourth-order valence-corrected chi connectivity index (χ4v) is 2.27. The number of hydrogen-bond acceptors (Lipinski definition) is 2. The smallest absolute Gasteiger partial charge is 0.248 e. The molecule has 0 aliphatic rings. The zero-order valence-electron chi connectivity index (χ0n) is 11.5. The van der Waals surface area contributed by atoms with Crippen molar-refractivity contribution in [2.24, 2.45) is 0 Å². The molecule has 0 aliphatic carbocycles. The Morgan fingerprint density at radius 1 is 1.05 bits per heavy atom. The standard InChI is InChI=1S/C17H14BrNO2/c1-12(20)14-7-3-5-9-16(14)19-17(21)11-10-13-6-2-4-8-15(13)18/h2-11H,1H3,(H,19,21)/b11-10+. The minimum absolute atomic E-state index is 0.0827. The van der Waals surface area contributed by atoms with E-state index in [0.717, 1.165) is 10.0 Å². The molecule has 0 fully saturated rings. The Morgan fingerprint density at radius 2 is 1.71 bits per heavy atom. The van der Waals surface area contributed by atoms with E-state index >= 15 is 0 Å². The van der Waals surface area contributed by atoms with Gasteiger partial charge in [0.15, 0.2) is 5.78 Å². The van der Waals surface area contributed by atoms with Gasteiger partial charge in [0.05, 0.1) is 5.69 Å². The van der Waals surface area contributed by atoms with Crippen LogP contribution >= 0.6 is 15.9 Å². The Morgan fingerprint density at radius 3 is 2.43 bits per heavy atom. The van der Waals surface area contributed by atoms with E-state index in [0.29, 0.717) is 11.3 Å². The van der Waals surface area contributed by atoms with Gasteiger partial charge >= 0.3 is 0 Å². The normalized spacial score (nSPS) is 10.6. The van der Waals surface area contributed by atoms with E-state index in [2.05, 4.69) is 21.2 Å². The maximum Gasteiger partial charge on any atom is 0.248 e. The molecule has 1 amide bonds. The van der Waals surface area contributed by atoms with Crippen LogP contribution in [-0.4, -0.2) is 11.7 Å². The molecule has 0 radical (unpaired) electrons. The fraction of sp³-hybridized carbons (Fsp3) is 0.0588. The number of halogens is 1. The number of benzene rings is 2. The summed E-state index contributed by atoms with van der Waals surface area (Å²) < 4.78 is 0.915. The van der Waals surface area contributed by atoms with E-state index in [4.69, 9.17) is 0 Å². The summed E-state index contributed by atoms with van der Waals surface area (Å²) in [5.74, 6) is -0.361. The first-order valence-electron chi connectivity index (χ1n) is 6.41. The number of rotatable bonds is 4. The molecule has 1 N–H and O–H groups in total. The lowest BCUT2D eigenvalue weighted by Crippen LogP contribution is -2.11. The van der Waals surface area contributed by atoms with Gasteiger partial charge in [0.2, 0.25) is 5.91 Å². The van der Waals surface area contributed by atoms with Gasteiger partial charge < -0.3 is 5.32 Å². The van der Waals surface area contributed by atoms with Crippen LogP contribution in [0.5, 0.6) is 0 Å². The molecule has 106 valence electrons. The molecule has 0 atom stereocenters. The predicted molar refractivity (Wildman–Crippen MR) is 88.3 cm³/mol. The monoisotopic (exact) mass is 343 g/mol. The summed E-state index contributed by atoms with van der Waals surface area (Å²) in [7, 11) is 0. The molecule has 0 aliphatic heterocycles. The molecule has 0 unspecified atom stereocenters. The summed E-state index contributed by atoms with van der Waals surface area (Å²) in [6, 6.07) is 14.6. The Labute approximate surface area is 131 Å². The Kier molecular flexibility index (Phi) is 5.06. The summed E-state index contributed by atoms with van der Waals surface area (Å²) in [6.07, 6.45) is 3.16. The van der Waals surface area contributed by atoms with Gasteiger partial charge in [-0.2, -0.15) is 0 Å². The van der Waals surface area contributed by atoms with Gasteiger partial charge in [-0.3, -0.25) is 9.59 Å². The van der Waals surface area contributed by atoms with Crippen molar-refractivity contribution < 1.29 is 9.59 Å². The second kappa shape index (κ2) is 6.99. The number of ketones is 1. The highest BCUT2D eigenvalue weighted by molar-refractivity contribution is 9.10. The minimum Gasteiger partial charge on any atom is -0.322 e. The molecule has 0 heterocycles. The summed E-state index contributed by atoms with van der Waals surface area (Å²) in [4.78, 5) is 23.4. The number of para-hydroxylation sites is 1. The minimum atomic E-state index is -0.278. The number of anilines is 1. The zero-order valence-corrected chi connectivity index (χ0v) is 13.1. The van der Waals surface area contributed by atoms with Gasteiger partial charge in [0.25, 0.3) is 0 Å². The van der Waals surface area contributed by atoms with E-state index in [1.807, 2.05) is 24.3 Å². The van der Waals surface area contributed by atoms with Gasteiger partial charge in [-0.05, 0) is 36.8 Å². The van der Waals surface area contributed by atoms with Crippen molar-refractivity contribution >= 4 is 39.4 Å². The topological polar surface area (TPSA) is 46.2 Å². The number of amides is 1. The van der Waals surface area contributed by atoms with Crippen LogP contribution in [0.25, 0.3) is 6.08 Å². The van der Waals surface area contributed by atoms with Gasteiger partial charge in [-0.1, -0.05) is 46.3 Å². The van der Waals surface area contributed by atoms with Crippen molar-refractivity contribution in [1.82, 2.24) is 0 Å². The first-order valence-corrected chi connectivity index (χ1v) is 7.21. The molecule has 21 heavy (non-hydrogen) atoms. The third-order valence-corrected chi connectivity index (χ3v) is 3.61. The molecule has 0 aromatic heterocycles. The van der Waals surface area contributed by atoms with E-state index in [1.165, 1.54) is 13.0 Å². The predicted octanol–water partition coefficient (Wildman–Crippen LogP) is 4.30. The van der Waals surface area contributed by atoms with Crippen LogP contribution in [-0.2, 0) is 4.79 Å². The number of nitrogens with one attached hydrogen (secondary N) is 1. The molecule has 4 heteroatoms. The average molecular weight is 344 g/mol. The lowest BCUT2D eigenvalue weighted by molar-refractivity contribution is -0.111. The first-order chi connectivity index (χ1) is 10.1. The van der Waals surface area contributed by atoms with Crippen molar-refractivity contribution in [3.63, 3.8) is 0 Å². The molecule has 0 bridgehead atoms. The van der Waals surface area contributed by atoms with Crippen molar-refractivity contribution in [3.05, 3.63) is 70.2 Å². The Bertz CT molecular complexity index is 707. The molecule has 0 saturated heterocycles. The second-order valence-electron chi connectivity index (χ2n) is 4.45. The third-order valence-electron chi connectivity index (χ3n) is 2.88. The molecule has 2 rings (SSSR count). The molecular formula is C17H14BrNO2. The van der Waals surface area contributed by atoms with Gasteiger partial charge in [0, 0.05) is 16.1 Å². The maximum absolute atomic E-state index is 11.9. The maximum atomic E-state index is 11.9. The van der Waals surface area contributed by atoms with E-state index < -0.39 is 0 Å². The van der Waals surface area contributed by atoms with Crippen LogP contribution in [0.1, 0.15) is 22.8 Å². The summed E-state index contributed by atoms with van der Waals surface area (Å²) in [6.45, 7) is 1.47. The molecule has 0 saturated carbocycles. The zero-order chi connectivity index (χ0) is 15.2. The quantitative estimate of drug-likeness (QED) is 0.664. The largest absolute Gasteiger partial charge is 0.322 e. The number of Topliss-reactive ketones (excluding diaryl/α,β-unsaturated/α-hetero) is 1. The van der Waals surface area contributed by atoms with E-state index in [-0.39, 0.29) is 11.7 Å². The number of hydrogen-bond donors (Lipinski definition) is 1. The SMILES string of the molecule is CC(=O)c1ccccc1NC(=O)/C=C/c1ccccc1Br. The summed E-state index contributed by atoms with van der Waals surface area (Å²) in [5.41, 5.74) is 1.93. The van der Waals surface area contributed by atoms with Gasteiger partial charge in [-0.25, -0.2) is 0 Å². The van der Waals surface area contributed by atoms with Crippen molar-refractivity contribution in [2.75, 3.05) is 5.32 Å².